The van der Waals surface area contributed by atoms with Gasteiger partial charge in [0.1, 0.15) is 5.75 Å². The number of nitrogens with two attached hydrogens (primary N) is 1. The summed E-state index contributed by atoms with van der Waals surface area (Å²) in [7, 11) is 1.56. The van der Waals surface area contributed by atoms with E-state index in [9.17, 15) is 4.79 Å². The lowest BCUT2D eigenvalue weighted by Gasteiger charge is -2.33. The maximum Gasteiger partial charge on any atom is 0.241 e. The van der Waals surface area contributed by atoms with Gasteiger partial charge in [0.2, 0.25) is 5.91 Å². The van der Waals surface area contributed by atoms with Gasteiger partial charge in [-0.1, -0.05) is 6.92 Å². The Labute approximate surface area is 125 Å². The fraction of sp³-hybridized carbons (Fsp3) is 0.533. The first kappa shape index (κ1) is 15.6. The molecule has 6 heteroatoms. The van der Waals surface area contributed by atoms with Crippen LogP contribution in [-0.2, 0) is 9.53 Å². The summed E-state index contributed by atoms with van der Waals surface area (Å²) >= 11 is 0. The van der Waals surface area contributed by atoms with Gasteiger partial charge in [0, 0.05) is 24.8 Å². The molecule has 0 aromatic heterocycles. The highest BCUT2D eigenvalue weighted by Gasteiger charge is 2.26. The predicted molar refractivity (Wildman–Crippen MR) is 82.5 cm³/mol. The largest absolute Gasteiger partial charge is 0.494 e. The van der Waals surface area contributed by atoms with Crippen molar-refractivity contribution in [3.8, 4) is 5.75 Å². The number of carbonyl (C=O) groups excluding carboxylic acids is 1. The van der Waals surface area contributed by atoms with Crippen molar-refractivity contribution in [2.45, 2.75) is 19.4 Å². The van der Waals surface area contributed by atoms with E-state index in [0.717, 1.165) is 19.5 Å². The smallest absolute Gasteiger partial charge is 0.241 e. The van der Waals surface area contributed by atoms with Gasteiger partial charge in [0.25, 0.3) is 0 Å². The minimum absolute atomic E-state index is 0.0255. The molecule has 1 aromatic rings. The van der Waals surface area contributed by atoms with Crippen LogP contribution in [0.1, 0.15) is 13.3 Å². The van der Waals surface area contributed by atoms with Gasteiger partial charge < -0.3 is 20.5 Å². The Morgan fingerprint density at radius 3 is 2.81 bits per heavy atom. The van der Waals surface area contributed by atoms with Crippen molar-refractivity contribution in [2.24, 2.45) is 0 Å². The molecule has 21 heavy (non-hydrogen) atoms. The SMILES string of the molecule is CCC(C(=O)Nc1ccc(N)cc1OC)N1CCOCC1. The number of benzene rings is 1. The lowest BCUT2D eigenvalue weighted by molar-refractivity contribution is -0.123. The minimum Gasteiger partial charge on any atom is -0.494 e. The van der Waals surface area contributed by atoms with Gasteiger partial charge in [-0.3, -0.25) is 9.69 Å². The summed E-state index contributed by atoms with van der Waals surface area (Å²) in [5.41, 5.74) is 6.97. The maximum absolute atomic E-state index is 12.5. The molecule has 3 N–H and O–H groups in total. The van der Waals surface area contributed by atoms with Gasteiger partial charge in [-0.15, -0.1) is 0 Å². The summed E-state index contributed by atoms with van der Waals surface area (Å²) in [5.74, 6) is 0.544. The average Bonchev–Trinajstić information content (AvgIpc) is 2.51. The van der Waals surface area contributed by atoms with Crippen molar-refractivity contribution in [2.75, 3.05) is 44.5 Å². The number of hydrogen-bond acceptors (Lipinski definition) is 5. The summed E-state index contributed by atoms with van der Waals surface area (Å²) in [6, 6.07) is 5.05. The Morgan fingerprint density at radius 2 is 2.19 bits per heavy atom. The van der Waals surface area contributed by atoms with Crippen LogP contribution in [0.2, 0.25) is 0 Å². The van der Waals surface area contributed by atoms with Crippen molar-refractivity contribution in [1.82, 2.24) is 4.90 Å². The molecular weight excluding hydrogens is 270 g/mol. The van der Waals surface area contributed by atoms with Gasteiger partial charge in [0.15, 0.2) is 0 Å². The lowest BCUT2D eigenvalue weighted by atomic mass is 10.1. The van der Waals surface area contributed by atoms with E-state index in [0.29, 0.717) is 30.3 Å². The molecule has 2 rings (SSSR count). The quantitative estimate of drug-likeness (QED) is 0.801. The zero-order valence-electron chi connectivity index (χ0n) is 12.6. The van der Waals surface area contributed by atoms with Crippen LogP contribution in [0.3, 0.4) is 0 Å². The van der Waals surface area contributed by atoms with Crippen LogP contribution in [-0.4, -0.2) is 50.3 Å². The highest BCUT2D eigenvalue weighted by atomic mass is 16.5. The molecule has 1 unspecified atom stereocenters. The number of amides is 1. The second-order valence-corrected chi connectivity index (χ2v) is 5.02. The minimum atomic E-state index is -0.156. The third-order valence-corrected chi connectivity index (χ3v) is 3.66. The highest BCUT2D eigenvalue weighted by Crippen LogP contribution is 2.27. The number of methoxy groups -OCH3 is 1. The fourth-order valence-corrected chi connectivity index (χ4v) is 2.53. The Bertz CT molecular complexity index is 487. The van der Waals surface area contributed by atoms with E-state index < -0.39 is 0 Å². The highest BCUT2D eigenvalue weighted by molar-refractivity contribution is 5.96. The number of nitrogen functional groups attached to an aromatic ring is 1. The molecule has 0 spiro atoms. The van der Waals surface area contributed by atoms with Gasteiger partial charge in [-0.05, 0) is 18.6 Å². The van der Waals surface area contributed by atoms with E-state index >= 15 is 0 Å². The molecule has 1 saturated heterocycles. The van der Waals surface area contributed by atoms with E-state index in [1.54, 1.807) is 25.3 Å². The first-order valence-corrected chi connectivity index (χ1v) is 7.22. The van der Waals surface area contributed by atoms with Crippen molar-refractivity contribution in [3.05, 3.63) is 18.2 Å². The van der Waals surface area contributed by atoms with Crippen LogP contribution < -0.4 is 15.8 Å². The summed E-state index contributed by atoms with van der Waals surface area (Å²) in [6.07, 6.45) is 0.753. The Hall–Kier alpha value is -1.79. The molecule has 0 radical (unpaired) electrons. The van der Waals surface area contributed by atoms with Gasteiger partial charge in [-0.2, -0.15) is 0 Å². The van der Waals surface area contributed by atoms with E-state index in [4.69, 9.17) is 15.2 Å². The number of carbonyl (C=O) groups is 1. The predicted octanol–water partition coefficient (Wildman–Crippen LogP) is 1.33. The molecule has 1 heterocycles. The molecule has 1 aliphatic heterocycles. The summed E-state index contributed by atoms with van der Waals surface area (Å²) < 4.78 is 10.6. The third-order valence-electron chi connectivity index (χ3n) is 3.66. The molecule has 0 saturated carbocycles. The summed E-state index contributed by atoms with van der Waals surface area (Å²) in [6.45, 7) is 4.93. The standard InChI is InChI=1S/C15H23N3O3/c1-3-13(18-6-8-21-9-7-18)15(19)17-12-5-4-11(16)10-14(12)20-2/h4-5,10,13H,3,6-9,16H2,1-2H3,(H,17,19). The molecule has 116 valence electrons. The summed E-state index contributed by atoms with van der Waals surface area (Å²) in [5, 5.41) is 2.94. The number of hydrogen-bond donors (Lipinski definition) is 2. The first-order valence-electron chi connectivity index (χ1n) is 7.22. The molecule has 6 nitrogen and oxygen atoms in total. The van der Waals surface area contributed by atoms with Crippen LogP contribution in [0.25, 0.3) is 0 Å². The first-order chi connectivity index (χ1) is 10.2. The zero-order valence-corrected chi connectivity index (χ0v) is 12.6. The van der Waals surface area contributed by atoms with Crippen molar-refractivity contribution >= 4 is 17.3 Å². The fourth-order valence-electron chi connectivity index (χ4n) is 2.53. The maximum atomic E-state index is 12.5. The van der Waals surface area contributed by atoms with E-state index in [2.05, 4.69) is 10.2 Å². The molecule has 1 aliphatic rings. The van der Waals surface area contributed by atoms with Crippen LogP contribution in [0, 0.1) is 0 Å². The Morgan fingerprint density at radius 1 is 1.48 bits per heavy atom. The van der Waals surface area contributed by atoms with Crippen LogP contribution in [0.4, 0.5) is 11.4 Å². The molecule has 1 fully saturated rings. The van der Waals surface area contributed by atoms with Gasteiger partial charge in [0.05, 0.1) is 32.1 Å². The number of ether oxygens (including phenoxy) is 2. The number of nitrogens with one attached hydrogen (secondary N) is 1. The number of nitrogens with zero attached hydrogens (tertiary/aromatic N) is 1. The van der Waals surface area contributed by atoms with E-state index in [1.807, 2.05) is 6.92 Å². The van der Waals surface area contributed by atoms with Gasteiger partial charge >= 0.3 is 0 Å². The summed E-state index contributed by atoms with van der Waals surface area (Å²) in [4.78, 5) is 14.7. The monoisotopic (exact) mass is 293 g/mol. The molecule has 1 amide bonds. The lowest BCUT2D eigenvalue weighted by Crippen LogP contribution is -2.49. The average molecular weight is 293 g/mol. The van der Waals surface area contributed by atoms with Gasteiger partial charge in [-0.25, -0.2) is 0 Å². The van der Waals surface area contributed by atoms with Crippen LogP contribution in [0.15, 0.2) is 18.2 Å². The zero-order chi connectivity index (χ0) is 15.2. The Kier molecular flexibility index (Phi) is 5.41. The normalized spacial score (nSPS) is 17.2. The molecular formula is C15H23N3O3. The van der Waals surface area contributed by atoms with Crippen molar-refractivity contribution < 1.29 is 14.3 Å². The second kappa shape index (κ2) is 7.28. The molecule has 1 aromatic carbocycles. The second-order valence-electron chi connectivity index (χ2n) is 5.02. The van der Waals surface area contributed by atoms with E-state index in [1.165, 1.54) is 0 Å². The molecule has 0 bridgehead atoms. The van der Waals surface area contributed by atoms with Crippen molar-refractivity contribution in [3.63, 3.8) is 0 Å². The Balaban J connectivity index is 2.08. The number of morpholine rings is 1. The van der Waals surface area contributed by atoms with Crippen LogP contribution >= 0.6 is 0 Å². The molecule has 1 atom stereocenters. The van der Waals surface area contributed by atoms with Crippen LogP contribution in [0.5, 0.6) is 5.75 Å². The number of rotatable bonds is 5. The van der Waals surface area contributed by atoms with Crippen molar-refractivity contribution in [1.29, 1.82) is 0 Å². The topological polar surface area (TPSA) is 76.8 Å². The van der Waals surface area contributed by atoms with E-state index in [-0.39, 0.29) is 11.9 Å². The molecule has 0 aliphatic carbocycles. The number of anilines is 2. The third kappa shape index (κ3) is 3.86.